The second-order valence-electron chi connectivity index (χ2n) is 10.0. The summed E-state index contributed by atoms with van der Waals surface area (Å²) >= 11 is 1.58. The zero-order valence-corrected chi connectivity index (χ0v) is 21.3. The van der Waals surface area contributed by atoms with Crippen LogP contribution in [0.4, 0.5) is 0 Å². The average molecular weight is 511 g/mol. The minimum Gasteiger partial charge on any atom is -0.465 e. The van der Waals surface area contributed by atoms with Crippen LogP contribution >= 0.6 is 11.8 Å². The third-order valence-electron chi connectivity index (χ3n) is 7.71. The number of cyclic esters (lactones) is 1. The monoisotopic (exact) mass is 510 g/mol. The Labute approximate surface area is 216 Å². The van der Waals surface area contributed by atoms with Gasteiger partial charge in [0.1, 0.15) is 6.04 Å². The van der Waals surface area contributed by atoms with E-state index in [1.165, 1.54) is 0 Å². The molecule has 5 atom stereocenters. The predicted molar refractivity (Wildman–Crippen MR) is 138 cm³/mol. The van der Waals surface area contributed by atoms with Crippen LogP contribution in [0.1, 0.15) is 37.7 Å². The molecule has 2 amide bonds. The quantitative estimate of drug-likeness (QED) is 0.345. The molecule has 192 valence electrons. The second kappa shape index (κ2) is 10.8. The summed E-state index contributed by atoms with van der Waals surface area (Å²) in [7, 11) is 0. The Morgan fingerprint density at radius 3 is 2.69 bits per heavy atom. The Kier molecular flexibility index (Phi) is 7.53. The van der Waals surface area contributed by atoms with E-state index in [0.717, 1.165) is 24.8 Å². The summed E-state index contributed by atoms with van der Waals surface area (Å²) in [5, 5.41) is 8.99. The van der Waals surface area contributed by atoms with E-state index in [1.54, 1.807) is 16.7 Å². The number of unbranched alkanes of at least 4 members (excludes halogenated alkanes) is 2. The highest BCUT2D eigenvalue weighted by atomic mass is 32.2. The first-order valence-corrected chi connectivity index (χ1v) is 13.9. The van der Waals surface area contributed by atoms with Gasteiger partial charge in [0, 0.05) is 31.5 Å². The molecule has 1 N–H and O–H groups in total. The van der Waals surface area contributed by atoms with Crippen molar-refractivity contribution in [3.8, 4) is 0 Å². The standard InChI is InChI=1S/C28H34N2O5S/c31-17-8-3-7-16-30-24-26(33)29(19-20-11-4-1-5-12-20)15-10-14-28(24)23(25(30)32)22-21(36-28)13-6-2-9-18-35-27(22)34/h1,4-6,10-14,21-24,31H,2-3,7-9,15-19H2/b13-6-/t21-,22+,23-,24?,28-/m0/s1. The number of amides is 2. The van der Waals surface area contributed by atoms with Gasteiger partial charge in [0.05, 0.1) is 23.2 Å². The molecule has 5 rings (SSSR count). The topological polar surface area (TPSA) is 87.2 Å². The first kappa shape index (κ1) is 25.1. The Hall–Kier alpha value is -2.58. The minimum absolute atomic E-state index is 0.0711. The number of allylic oxidation sites excluding steroid dienone is 1. The molecule has 2 fully saturated rings. The van der Waals surface area contributed by atoms with Gasteiger partial charge >= 0.3 is 5.97 Å². The Bertz CT molecular complexity index is 1040. The number of esters is 1. The number of ether oxygens (including phenoxy) is 1. The molecule has 8 heteroatoms. The van der Waals surface area contributed by atoms with E-state index >= 15 is 0 Å². The number of likely N-dealkylation sites (tertiary alicyclic amines) is 1. The molecule has 4 aliphatic heterocycles. The zero-order chi connectivity index (χ0) is 25.1. The molecule has 36 heavy (non-hydrogen) atoms. The number of aliphatic hydroxyl groups excluding tert-OH is 1. The van der Waals surface area contributed by atoms with Crippen LogP contribution in [0, 0.1) is 11.8 Å². The highest BCUT2D eigenvalue weighted by molar-refractivity contribution is 8.02. The van der Waals surface area contributed by atoms with Crippen molar-refractivity contribution in [2.24, 2.45) is 11.8 Å². The molecule has 0 aromatic heterocycles. The number of nitrogens with zero attached hydrogens (tertiary/aromatic N) is 2. The van der Waals surface area contributed by atoms with Crippen LogP contribution in [0.2, 0.25) is 0 Å². The van der Waals surface area contributed by atoms with Crippen LogP contribution in [0.3, 0.4) is 0 Å². The van der Waals surface area contributed by atoms with Gasteiger partial charge in [0.25, 0.3) is 0 Å². The van der Waals surface area contributed by atoms with E-state index in [-0.39, 0.29) is 29.6 Å². The lowest BCUT2D eigenvalue weighted by Crippen LogP contribution is -2.53. The maximum Gasteiger partial charge on any atom is 0.311 e. The van der Waals surface area contributed by atoms with Gasteiger partial charge in [-0.3, -0.25) is 14.4 Å². The van der Waals surface area contributed by atoms with Crippen molar-refractivity contribution < 1.29 is 24.2 Å². The SMILES string of the molecule is O=C1OCCC/C=C\[C@@H]2S[C@]34C=CCN(Cc5ccccc5)C(=O)C3N(CCCCCO)C(=O)[C@@H]4[C@H]12. The van der Waals surface area contributed by atoms with E-state index < -0.39 is 22.6 Å². The normalized spacial score (nSPS) is 32.6. The average Bonchev–Trinajstić information content (AvgIpc) is 3.29. The number of carbonyl (C=O) groups is 3. The van der Waals surface area contributed by atoms with Gasteiger partial charge in [-0.05, 0) is 37.7 Å². The number of carbonyl (C=O) groups excluding carboxylic acids is 3. The summed E-state index contributed by atoms with van der Waals surface area (Å²) in [5.41, 5.74) is 1.04. The molecule has 1 unspecified atom stereocenters. The molecule has 0 bridgehead atoms. The molecule has 7 nitrogen and oxygen atoms in total. The van der Waals surface area contributed by atoms with Gasteiger partial charge in [-0.25, -0.2) is 0 Å². The molecule has 1 aromatic rings. The first-order valence-electron chi connectivity index (χ1n) is 13.0. The van der Waals surface area contributed by atoms with E-state index in [2.05, 4.69) is 12.2 Å². The van der Waals surface area contributed by atoms with Crippen LogP contribution in [-0.2, 0) is 25.7 Å². The van der Waals surface area contributed by atoms with Gasteiger partial charge in [0.15, 0.2) is 0 Å². The van der Waals surface area contributed by atoms with E-state index in [4.69, 9.17) is 4.74 Å². The van der Waals surface area contributed by atoms with E-state index in [0.29, 0.717) is 39.1 Å². The van der Waals surface area contributed by atoms with Crippen LogP contribution in [0.25, 0.3) is 0 Å². The molecule has 0 aliphatic carbocycles. The highest BCUT2D eigenvalue weighted by Crippen LogP contribution is 2.60. The molecular formula is C28H34N2O5S. The Balaban J connectivity index is 1.52. The number of thioether (sulfide) groups is 1. The largest absolute Gasteiger partial charge is 0.465 e. The van der Waals surface area contributed by atoms with Crippen LogP contribution in [-0.4, -0.2) is 75.0 Å². The van der Waals surface area contributed by atoms with Crippen molar-refractivity contribution in [2.75, 3.05) is 26.3 Å². The third-order valence-corrected chi connectivity index (χ3v) is 9.45. The van der Waals surface area contributed by atoms with E-state index in [9.17, 15) is 19.5 Å². The first-order chi connectivity index (χ1) is 17.6. The number of rotatable bonds is 7. The van der Waals surface area contributed by atoms with Crippen molar-refractivity contribution in [3.63, 3.8) is 0 Å². The molecular weight excluding hydrogens is 476 g/mol. The van der Waals surface area contributed by atoms with Crippen molar-refractivity contribution in [2.45, 2.75) is 54.7 Å². The van der Waals surface area contributed by atoms with Gasteiger partial charge in [-0.2, -0.15) is 0 Å². The lowest BCUT2D eigenvalue weighted by Gasteiger charge is -2.35. The van der Waals surface area contributed by atoms with Crippen molar-refractivity contribution >= 4 is 29.5 Å². The Morgan fingerprint density at radius 2 is 1.89 bits per heavy atom. The molecule has 0 saturated carbocycles. The summed E-state index contributed by atoms with van der Waals surface area (Å²) in [5.74, 6) is -1.78. The lowest BCUT2D eigenvalue weighted by atomic mass is 9.78. The number of aliphatic hydroxyl groups is 1. The molecule has 2 saturated heterocycles. The maximum atomic E-state index is 14.2. The Morgan fingerprint density at radius 1 is 1.06 bits per heavy atom. The molecule has 1 spiro atoms. The summed E-state index contributed by atoms with van der Waals surface area (Å²) in [6.45, 7) is 1.81. The summed E-state index contributed by atoms with van der Waals surface area (Å²) in [6, 6.07) is 9.20. The van der Waals surface area contributed by atoms with Gasteiger partial charge < -0.3 is 19.6 Å². The third kappa shape index (κ3) is 4.50. The van der Waals surface area contributed by atoms with E-state index in [1.807, 2.05) is 47.4 Å². The zero-order valence-electron chi connectivity index (χ0n) is 20.5. The van der Waals surface area contributed by atoms with Crippen molar-refractivity contribution in [1.29, 1.82) is 0 Å². The predicted octanol–water partition coefficient (Wildman–Crippen LogP) is 2.94. The highest BCUT2D eigenvalue weighted by Gasteiger charge is 2.70. The van der Waals surface area contributed by atoms with Gasteiger partial charge in [0.2, 0.25) is 11.8 Å². The van der Waals surface area contributed by atoms with Crippen LogP contribution in [0.5, 0.6) is 0 Å². The fourth-order valence-corrected chi connectivity index (χ4v) is 8.06. The minimum atomic E-state index is -0.811. The molecule has 4 aliphatic rings. The number of hydrogen-bond donors (Lipinski definition) is 1. The van der Waals surface area contributed by atoms with Gasteiger partial charge in [-0.1, -0.05) is 54.6 Å². The number of hydrogen-bond acceptors (Lipinski definition) is 6. The number of benzene rings is 1. The second-order valence-corrected chi connectivity index (χ2v) is 11.5. The van der Waals surface area contributed by atoms with Crippen LogP contribution < -0.4 is 0 Å². The van der Waals surface area contributed by atoms with Crippen molar-refractivity contribution in [1.82, 2.24) is 9.80 Å². The maximum absolute atomic E-state index is 14.2. The smallest absolute Gasteiger partial charge is 0.311 e. The lowest BCUT2D eigenvalue weighted by molar-refractivity contribution is -0.153. The molecule has 4 heterocycles. The fraction of sp³-hybridized carbons (Fsp3) is 0.536. The summed E-state index contributed by atoms with van der Waals surface area (Å²) in [4.78, 5) is 45.0. The number of fused-ring (bicyclic) bond motifs is 2. The fourth-order valence-electron chi connectivity index (χ4n) is 6.06. The van der Waals surface area contributed by atoms with Crippen LogP contribution in [0.15, 0.2) is 54.6 Å². The van der Waals surface area contributed by atoms with Crippen molar-refractivity contribution in [3.05, 3.63) is 60.2 Å². The summed E-state index contributed by atoms with van der Waals surface area (Å²) < 4.78 is 4.79. The molecule has 0 radical (unpaired) electrons. The van der Waals surface area contributed by atoms with Gasteiger partial charge in [-0.15, -0.1) is 11.8 Å². The summed E-state index contributed by atoms with van der Waals surface area (Å²) in [6.07, 6.45) is 11.9. The molecule has 1 aromatic carbocycles.